The lowest BCUT2D eigenvalue weighted by Crippen LogP contribution is -2.16. The van der Waals surface area contributed by atoms with Crippen molar-refractivity contribution in [2.24, 2.45) is 5.10 Å². The van der Waals surface area contributed by atoms with E-state index in [1.165, 1.54) is 12.0 Å². The van der Waals surface area contributed by atoms with Gasteiger partial charge >= 0.3 is 0 Å². The summed E-state index contributed by atoms with van der Waals surface area (Å²) >= 11 is 0. The minimum Gasteiger partial charge on any atom is -0.459 e. The molecule has 0 aromatic heterocycles. The van der Waals surface area contributed by atoms with Gasteiger partial charge in [-0.3, -0.25) is 0 Å². The molecule has 0 bridgehead atoms. The fourth-order valence-corrected chi connectivity index (χ4v) is 2.14. The number of allylic oxidation sites excluding steroid dienone is 1. The fraction of sp³-hybridized carbons (Fsp3) is 0.357. The number of benzene rings is 1. The van der Waals surface area contributed by atoms with Crippen molar-refractivity contribution in [3.63, 3.8) is 0 Å². The quantitative estimate of drug-likeness (QED) is 0.723. The van der Waals surface area contributed by atoms with Gasteiger partial charge in [0.25, 0.3) is 0 Å². The van der Waals surface area contributed by atoms with E-state index in [1.54, 1.807) is 0 Å². The Bertz CT molecular complexity index is 414. The van der Waals surface area contributed by atoms with Crippen molar-refractivity contribution < 1.29 is 4.74 Å². The van der Waals surface area contributed by atoms with E-state index >= 15 is 0 Å². The van der Waals surface area contributed by atoms with Crippen LogP contribution in [0.15, 0.2) is 42.0 Å². The van der Waals surface area contributed by atoms with Gasteiger partial charge in [-0.25, -0.2) is 5.01 Å². The molecule has 2 rings (SSSR count). The van der Waals surface area contributed by atoms with Crippen LogP contribution in [-0.4, -0.2) is 13.1 Å². The number of ether oxygens (including phenoxy) is 1. The van der Waals surface area contributed by atoms with Crippen LogP contribution in [0.1, 0.15) is 31.2 Å². The highest BCUT2D eigenvalue weighted by atomic mass is 16.5. The second kappa shape index (κ2) is 5.53. The van der Waals surface area contributed by atoms with E-state index in [4.69, 9.17) is 4.74 Å². The van der Waals surface area contributed by atoms with Crippen LogP contribution in [0.25, 0.3) is 0 Å². The van der Waals surface area contributed by atoms with E-state index in [0.717, 1.165) is 18.5 Å². The Hall–Kier alpha value is -1.77. The smallest absolute Gasteiger partial charge is 0.195 e. The Kier molecular flexibility index (Phi) is 3.81. The maximum atomic E-state index is 5.15. The van der Waals surface area contributed by atoms with Gasteiger partial charge in [0.05, 0.1) is 5.69 Å². The predicted octanol–water partition coefficient (Wildman–Crippen LogP) is 3.49. The molecule has 0 amide bonds. The van der Waals surface area contributed by atoms with Crippen LogP contribution in [0.2, 0.25) is 0 Å². The molecule has 1 aromatic rings. The first kappa shape index (κ1) is 11.7. The van der Waals surface area contributed by atoms with Crippen LogP contribution >= 0.6 is 0 Å². The third kappa shape index (κ3) is 2.49. The minimum atomic E-state index is 0.500. The third-order valence-electron chi connectivity index (χ3n) is 3.06. The van der Waals surface area contributed by atoms with Crippen molar-refractivity contribution in [2.45, 2.75) is 25.7 Å². The summed E-state index contributed by atoms with van der Waals surface area (Å²) in [7, 11) is 0. The van der Waals surface area contributed by atoms with Crippen LogP contribution in [0.3, 0.4) is 0 Å². The molecule has 0 spiro atoms. The molecule has 17 heavy (non-hydrogen) atoms. The molecule has 0 fully saturated rings. The van der Waals surface area contributed by atoms with E-state index in [-0.39, 0.29) is 0 Å². The van der Waals surface area contributed by atoms with Crippen molar-refractivity contribution in [1.82, 2.24) is 0 Å². The molecular formula is C14H18N2O. The van der Waals surface area contributed by atoms with Gasteiger partial charge in [0.2, 0.25) is 0 Å². The number of rotatable bonds is 5. The van der Waals surface area contributed by atoms with E-state index in [2.05, 4.69) is 36.8 Å². The van der Waals surface area contributed by atoms with Gasteiger partial charge in [-0.05, 0) is 30.4 Å². The van der Waals surface area contributed by atoms with Gasteiger partial charge in [-0.1, -0.05) is 31.2 Å². The van der Waals surface area contributed by atoms with Gasteiger partial charge in [0.1, 0.15) is 0 Å². The summed E-state index contributed by atoms with van der Waals surface area (Å²) in [6.07, 6.45) is 5.56. The molecule has 0 radical (unpaired) electrons. The number of nitrogens with zero attached hydrogens (tertiary/aromatic N) is 2. The van der Waals surface area contributed by atoms with E-state index in [1.807, 2.05) is 17.2 Å². The SMILES string of the molecule is C=CCC(CC)c1ccccc1N1COC=N1. The molecule has 1 aliphatic rings. The highest BCUT2D eigenvalue weighted by Crippen LogP contribution is 2.32. The number of anilines is 1. The zero-order valence-corrected chi connectivity index (χ0v) is 10.2. The molecule has 1 aromatic carbocycles. The molecule has 1 atom stereocenters. The van der Waals surface area contributed by atoms with E-state index in [9.17, 15) is 0 Å². The number of hydrogen-bond acceptors (Lipinski definition) is 3. The summed E-state index contributed by atoms with van der Waals surface area (Å²) < 4.78 is 5.15. The van der Waals surface area contributed by atoms with E-state index in [0.29, 0.717) is 12.6 Å². The third-order valence-corrected chi connectivity index (χ3v) is 3.06. The zero-order valence-electron chi connectivity index (χ0n) is 10.2. The first-order valence-corrected chi connectivity index (χ1v) is 5.98. The highest BCUT2D eigenvalue weighted by molar-refractivity contribution is 5.60. The molecule has 1 aliphatic heterocycles. The molecule has 1 unspecified atom stereocenters. The average Bonchev–Trinajstić information content (AvgIpc) is 2.90. The summed E-state index contributed by atoms with van der Waals surface area (Å²) in [5.41, 5.74) is 2.45. The first-order valence-electron chi connectivity index (χ1n) is 5.98. The summed E-state index contributed by atoms with van der Waals surface area (Å²) in [5, 5.41) is 6.09. The molecule has 0 aliphatic carbocycles. The van der Waals surface area contributed by atoms with E-state index < -0.39 is 0 Å². The van der Waals surface area contributed by atoms with Crippen molar-refractivity contribution in [1.29, 1.82) is 0 Å². The van der Waals surface area contributed by atoms with Gasteiger partial charge in [-0.15, -0.1) is 11.7 Å². The Morgan fingerprint density at radius 3 is 3.00 bits per heavy atom. The zero-order chi connectivity index (χ0) is 12.1. The van der Waals surface area contributed by atoms with Crippen LogP contribution in [0, 0.1) is 0 Å². The molecule has 0 saturated carbocycles. The number of para-hydroxylation sites is 1. The second-order valence-corrected chi connectivity index (χ2v) is 4.10. The molecule has 3 nitrogen and oxygen atoms in total. The summed E-state index contributed by atoms with van der Waals surface area (Å²) in [6.45, 7) is 6.54. The lowest BCUT2D eigenvalue weighted by molar-refractivity contribution is 0.349. The largest absolute Gasteiger partial charge is 0.459 e. The molecule has 0 saturated heterocycles. The molecule has 90 valence electrons. The summed E-state index contributed by atoms with van der Waals surface area (Å²) in [5.74, 6) is 0.500. The summed E-state index contributed by atoms with van der Waals surface area (Å²) in [4.78, 5) is 0. The Morgan fingerprint density at radius 2 is 2.35 bits per heavy atom. The lowest BCUT2D eigenvalue weighted by Gasteiger charge is -2.21. The van der Waals surface area contributed by atoms with Crippen molar-refractivity contribution in [3.8, 4) is 0 Å². The number of hydrazone groups is 1. The maximum absolute atomic E-state index is 5.15. The Morgan fingerprint density at radius 1 is 1.53 bits per heavy atom. The van der Waals surface area contributed by atoms with Gasteiger partial charge in [0.15, 0.2) is 13.1 Å². The maximum Gasteiger partial charge on any atom is 0.195 e. The first-order chi connectivity index (χ1) is 8.36. The van der Waals surface area contributed by atoms with Crippen LogP contribution in [-0.2, 0) is 4.74 Å². The Labute approximate surface area is 102 Å². The normalized spacial score (nSPS) is 15.7. The molecule has 0 N–H and O–H groups in total. The van der Waals surface area contributed by atoms with Gasteiger partial charge in [-0.2, -0.15) is 0 Å². The summed E-state index contributed by atoms with van der Waals surface area (Å²) in [6, 6.07) is 8.37. The average molecular weight is 230 g/mol. The van der Waals surface area contributed by atoms with Gasteiger partial charge < -0.3 is 4.74 Å². The second-order valence-electron chi connectivity index (χ2n) is 4.10. The highest BCUT2D eigenvalue weighted by Gasteiger charge is 2.18. The van der Waals surface area contributed by atoms with Crippen LogP contribution < -0.4 is 5.01 Å². The monoisotopic (exact) mass is 230 g/mol. The van der Waals surface area contributed by atoms with Crippen molar-refractivity contribution >= 4 is 12.1 Å². The Balaban J connectivity index is 2.31. The van der Waals surface area contributed by atoms with Crippen molar-refractivity contribution in [3.05, 3.63) is 42.5 Å². The van der Waals surface area contributed by atoms with Crippen LogP contribution in [0.4, 0.5) is 5.69 Å². The van der Waals surface area contributed by atoms with Crippen molar-refractivity contribution in [2.75, 3.05) is 11.7 Å². The van der Waals surface area contributed by atoms with Crippen LogP contribution in [0.5, 0.6) is 0 Å². The topological polar surface area (TPSA) is 24.8 Å². The fourth-order valence-electron chi connectivity index (χ4n) is 2.14. The number of hydrogen-bond donors (Lipinski definition) is 0. The molecule has 3 heteroatoms. The molecule has 1 heterocycles. The standard InChI is InChI=1S/C14H18N2O/c1-3-7-12(4-2)13-8-5-6-9-14(13)16-11-17-10-15-16/h3,5-6,8-10,12H,1,4,7,11H2,2H3. The minimum absolute atomic E-state index is 0.500. The van der Waals surface area contributed by atoms with Gasteiger partial charge in [0, 0.05) is 0 Å². The molecular weight excluding hydrogens is 212 g/mol. The lowest BCUT2D eigenvalue weighted by atomic mass is 9.92. The predicted molar refractivity (Wildman–Crippen MR) is 71.2 cm³/mol.